The topological polar surface area (TPSA) is 21.3 Å². The predicted molar refractivity (Wildman–Crippen MR) is 126 cm³/mol. The first kappa shape index (κ1) is 21.4. The van der Waals surface area contributed by atoms with Crippen molar-refractivity contribution in [3.63, 3.8) is 0 Å². The van der Waals surface area contributed by atoms with Crippen LogP contribution in [0, 0.1) is 11.6 Å². The van der Waals surface area contributed by atoms with Gasteiger partial charge in [0.25, 0.3) is 0 Å². The van der Waals surface area contributed by atoms with E-state index in [0.29, 0.717) is 25.1 Å². The largest absolute Gasteiger partial charge is 0.489 e. The first-order chi connectivity index (χ1) is 16.1. The van der Waals surface area contributed by atoms with E-state index in [9.17, 15) is 4.39 Å². The molecule has 0 radical (unpaired) electrons. The van der Waals surface area contributed by atoms with Crippen molar-refractivity contribution in [1.82, 2.24) is 5.32 Å². The maximum atomic E-state index is 15.1. The lowest BCUT2D eigenvalue weighted by Crippen LogP contribution is -2.50. The van der Waals surface area contributed by atoms with E-state index in [0.717, 1.165) is 34.4 Å². The molecule has 4 heteroatoms. The van der Waals surface area contributed by atoms with Gasteiger partial charge in [-0.05, 0) is 65.4 Å². The van der Waals surface area contributed by atoms with Crippen LogP contribution < -0.4 is 10.1 Å². The molecule has 0 spiro atoms. The molecular formula is C29H25F2NO. The van der Waals surface area contributed by atoms with Gasteiger partial charge in [-0.3, -0.25) is 0 Å². The van der Waals surface area contributed by atoms with Crippen LogP contribution in [0.25, 0.3) is 0 Å². The molecule has 1 aliphatic rings. The van der Waals surface area contributed by atoms with Gasteiger partial charge in [0.05, 0.1) is 5.54 Å². The second-order valence-corrected chi connectivity index (χ2v) is 8.46. The van der Waals surface area contributed by atoms with E-state index in [1.165, 1.54) is 18.2 Å². The number of hydrogen-bond acceptors (Lipinski definition) is 2. The van der Waals surface area contributed by atoms with E-state index >= 15 is 4.39 Å². The third-order valence-corrected chi connectivity index (χ3v) is 6.32. The van der Waals surface area contributed by atoms with Crippen molar-refractivity contribution < 1.29 is 13.5 Å². The Labute approximate surface area is 192 Å². The van der Waals surface area contributed by atoms with Gasteiger partial charge in [0.2, 0.25) is 0 Å². The zero-order chi connectivity index (χ0) is 22.7. The summed E-state index contributed by atoms with van der Waals surface area (Å²) in [4.78, 5) is 0. The summed E-state index contributed by atoms with van der Waals surface area (Å²) in [5, 5.41) is 3.61. The molecule has 0 saturated carbocycles. The standard InChI is InChI=1S/C29H25F2NO/c30-24-12-10-21(11-13-24)19-29(27-8-4-5-9-28(27)31)26-15-14-25(18-23(26)16-17-32-29)33-20-22-6-2-1-3-7-22/h1-15,18,32H,16-17,19-20H2. The second-order valence-electron chi connectivity index (χ2n) is 8.46. The van der Waals surface area contributed by atoms with Gasteiger partial charge < -0.3 is 10.1 Å². The van der Waals surface area contributed by atoms with Gasteiger partial charge in [0, 0.05) is 12.1 Å². The molecule has 4 aromatic carbocycles. The lowest BCUT2D eigenvalue weighted by molar-refractivity contribution is 0.304. The smallest absolute Gasteiger partial charge is 0.128 e. The van der Waals surface area contributed by atoms with Crippen molar-refractivity contribution in [3.05, 3.63) is 137 Å². The maximum absolute atomic E-state index is 15.1. The molecule has 0 aromatic heterocycles. The van der Waals surface area contributed by atoms with Crippen LogP contribution in [-0.2, 0) is 25.0 Å². The average Bonchev–Trinajstić information content (AvgIpc) is 2.85. The van der Waals surface area contributed by atoms with Crippen molar-refractivity contribution in [2.45, 2.75) is 25.0 Å². The van der Waals surface area contributed by atoms with Gasteiger partial charge in [-0.15, -0.1) is 0 Å². The van der Waals surface area contributed by atoms with Crippen LogP contribution >= 0.6 is 0 Å². The molecule has 4 aromatic rings. The number of halogens is 2. The summed E-state index contributed by atoms with van der Waals surface area (Å²) in [6.07, 6.45) is 1.32. The van der Waals surface area contributed by atoms with Crippen molar-refractivity contribution >= 4 is 0 Å². The highest BCUT2D eigenvalue weighted by Gasteiger charge is 2.40. The molecule has 0 amide bonds. The molecule has 0 aliphatic carbocycles. The van der Waals surface area contributed by atoms with E-state index < -0.39 is 5.54 Å². The molecule has 5 rings (SSSR count). The molecule has 0 bridgehead atoms. The molecular weight excluding hydrogens is 416 g/mol. The summed E-state index contributed by atoms with van der Waals surface area (Å²) in [5.41, 5.74) is 4.03. The maximum Gasteiger partial charge on any atom is 0.128 e. The monoisotopic (exact) mass is 441 g/mol. The Morgan fingerprint density at radius 3 is 2.30 bits per heavy atom. The minimum atomic E-state index is -0.755. The first-order valence-electron chi connectivity index (χ1n) is 11.2. The number of hydrogen-bond donors (Lipinski definition) is 1. The van der Waals surface area contributed by atoms with Crippen LogP contribution in [0.15, 0.2) is 97.1 Å². The molecule has 1 atom stereocenters. The van der Waals surface area contributed by atoms with E-state index in [1.807, 2.05) is 54.6 Å². The van der Waals surface area contributed by atoms with Crippen LogP contribution in [0.4, 0.5) is 8.78 Å². The third-order valence-electron chi connectivity index (χ3n) is 6.32. The zero-order valence-electron chi connectivity index (χ0n) is 18.2. The minimum absolute atomic E-state index is 0.260. The molecule has 2 nitrogen and oxygen atoms in total. The Morgan fingerprint density at radius 1 is 0.758 bits per heavy atom. The molecule has 1 unspecified atom stereocenters. The quantitative estimate of drug-likeness (QED) is 0.386. The summed E-state index contributed by atoms with van der Waals surface area (Å²) in [6.45, 7) is 1.19. The van der Waals surface area contributed by atoms with E-state index in [-0.39, 0.29) is 11.6 Å². The Bertz CT molecular complexity index is 1240. The highest BCUT2D eigenvalue weighted by Crippen LogP contribution is 2.40. The van der Waals surface area contributed by atoms with Crippen molar-refractivity contribution in [2.24, 2.45) is 0 Å². The fourth-order valence-corrected chi connectivity index (χ4v) is 4.74. The van der Waals surface area contributed by atoms with Gasteiger partial charge in [0.15, 0.2) is 0 Å². The number of benzene rings is 4. The number of ether oxygens (including phenoxy) is 1. The van der Waals surface area contributed by atoms with Crippen molar-refractivity contribution in [1.29, 1.82) is 0 Å². The van der Waals surface area contributed by atoms with Crippen LogP contribution in [0.5, 0.6) is 5.75 Å². The minimum Gasteiger partial charge on any atom is -0.489 e. The molecule has 0 saturated heterocycles. The van der Waals surface area contributed by atoms with Crippen LogP contribution in [0.2, 0.25) is 0 Å². The Balaban J connectivity index is 1.54. The van der Waals surface area contributed by atoms with Crippen molar-refractivity contribution in [2.75, 3.05) is 6.54 Å². The summed E-state index contributed by atoms with van der Waals surface area (Å²) >= 11 is 0. The second kappa shape index (κ2) is 9.16. The zero-order valence-corrected chi connectivity index (χ0v) is 18.2. The number of rotatable bonds is 6. The van der Waals surface area contributed by atoms with Crippen molar-refractivity contribution in [3.8, 4) is 5.75 Å². The van der Waals surface area contributed by atoms with Gasteiger partial charge in [-0.2, -0.15) is 0 Å². The Hall–Kier alpha value is -3.50. The van der Waals surface area contributed by atoms with Gasteiger partial charge in [0.1, 0.15) is 24.0 Å². The number of nitrogens with one attached hydrogen (secondary N) is 1. The summed E-state index contributed by atoms with van der Waals surface area (Å²) in [5.74, 6) is 0.254. The lowest BCUT2D eigenvalue weighted by atomic mass is 9.73. The highest BCUT2D eigenvalue weighted by molar-refractivity contribution is 5.49. The third kappa shape index (κ3) is 4.39. The Morgan fingerprint density at radius 2 is 1.52 bits per heavy atom. The average molecular weight is 442 g/mol. The lowest BCUT2D eigenvalue weighted by Gasteiger charge is -2.41. The van der Waals surface area contributed by atoms with E-state index in [4.69, 9.17) is 4.74 Å². The molecule has 166 valence electrons. The van der Waals surface area contributed by atoms with Crippen LogP contribution in [0.1, 0.15) is 27.8 Å². The Kier molecular flexibility index (Phi) is 5.93. The molecule has 0 fully saturated rings. The SMILES string of the molecule is Fc1ccc(CC2(c3ccccc3F)NCCc3cc(OCc4ccccc4)ccc32)cc1. The number of fused-ring (bicyclic) bond motifs is 1. The summed E-state index contributed by atoms with van der Waals surface area (Å²) in [6, 6.07) is 29.4. The van der Waals surface area contributed by atoms with Gasteiger partial charge >= 0.3 is 0 Å². The summed E-state index contributed by atoms with van der Waals surface area (Å²) < 4.78 is 34.7. The van der Waals surface area contributed by atoms with Crippen LogP contribution in [-0.4, -0.2) is 6.54 Å². The predicted octanol–water partition coefficient (Wildman–Crippen LogP) is 6.18. The summed E-state index contributed by atoms with van der Waals surface area (Å²) in [7, 11) is 0. The molecule has 1 aliphatic heterocycles. The fraction of sp³-hybridized carbons (Fsp3) is 0.172. The van der Waals surface area contributed by atoms with E-state index in [1.54, 1.807) is 18.2 Å². The fourth-order valence-electron chi connectivity index (χ4n) is 4.74. The van der Waals surface area contributed by atoms with Gasteiger partial charge in [-0.1, -0.05) is 66.7 Å². The van der Waals surface area contributed by atoms with E-state index in [2.05, 4.69) is 11.4 Å². The molecule has 1 heterocycles. The van der Waals surface area contributed by atoms with Gasteiger partial charge in [-0.25, -0.2) is 8.78 Å². The normalized spacial score (nSPS) is 17.4. The molecule has 33 heavy (non-hydrogen) atoms. The highest BCUT2D eigenvalue weighted by atomic mass is 19.1. The first-order valence-corrected chi connectivity index (χ1v) is 11.2. The van der Waals surface area contributed by atoms with Crippen LogP contribution in [0.3, 0.4) is 0 Å². The molecule has 1 N–H and O–H groups in total.